The van der Waals surface area contributed by atoms with Crippen molar-refractivity contribution in [3.05, 3.63) is 22.8 Å². The summed E-state index contributed by atoms with van der Waals surface area (Å²) in [4.78, 5) is 6.71. The fraction of sp³-hybridized carbons (Fsp3) is 0.643. The molecule has 1 fully saturated rings. The quantitative estimate of drug-likeness (QED) is 0.914. The molecule has 1 aromatic rings. The van der Waals surface area contributed by atoms with Crippen LogP contribution in [-0.4, -0.2) is 18.1 Å². The van der Waals surface area contributed by atoms with Gasteiger partial charge in [-0.2, -0.15) is 0 Å². The van der Waals surface area contributed by atoms with E-state index < -0.39 is 0 Å². The number of piperidine rings is 1. The third kappa shape index (κ3) is 2.62. The van der Waals surface area contributed by atoms with Gasteiger partial charge in [-0.15, -0.1) is 0 Å². The smallest absolute Gasteiger partial charge is 0.147 e. The van der Waals surface area contributed by atoms with Crippen molar-refractivity contribution in [2.24, 2.45) is 11.1 Å². The molecular formula is C14H22ClN3. The summed E-state index contributed by atoms with van der Waals surface area (Å²) in [6.07, 6.45) is 5.45. The van der Waals surface area contributed by atoms with Gasteiger partial charge in [0.15, 0.2) is 0 Å². The van der Waals surface area contributed by atoms with Crippen molar-refractivity contribution >= 4 is 17.4 Å². The number of halogens is 1. The lowest BCUT2D eigenvalue weighted by Gasteiger charge is -2.39. The van der Waals surface area contributed by atoms with Gasteiger partial charge in [0.2, 0.25) is 0 Å². The number of hydrogen-bond acceptors (Lipinski definition) is 3. The zero-order valence-electron chi connectivity index (χ0n) is 11.2. The number of pyridine rings is 1. The van der Waals surface area contributed by atoms with E-state index in [1.165, 1.54) is 19.3 Å². The second-order valence-electron chi connectivity index (χ2n) is 5.46. The topological polar surface area (TPSA) is 42.2 Å². The Kier molecular flexibility index (Phi) is 4.13. The summed E-state index contributed by atoms with van der Waals surface area (Å²) < 4.78 is 0. The number of nitrogens with two attached hydrogens (primary N) is 1. The fourth-order valence-electron chi connectivity index (χ4n) is 2.46. The Hall–Kier alpha value is -0.800. The molecule has 2 rings (SSSR count). The summed E-state index contributed by atoms with van der Waals surface area (Å²) in [5.74, 6) is 0.901. The van der Waals surface area contributed by atoms with Crippen LogP contribution >= 0.6 is 11.6 Å². The minimum Gasteiger partial charge on any atom is -0.355 e. The Labute approximate surface area is 114 Å². The maximum atomic E-state index is 6.36. The molecule has 0 unspecified atom stereocenters. The molecule has 0 saturated carbocycles. The van der Waals surface area contributed by atoms with Crippen molar-refractivity contribution in [2.45, 2.75) is 39.7 Å². The molecule has 0 aromatic carbocycles. The van der Waals surface area contributed by atoms with Crippen LogP contribution in [0, 0.1) is 5.41 Å². The Morgan fingerprint density at radius 2 is 2.11 bits per heavy atom. The van der Waals surface area contributed by atoms with Gasteiger partial charge >= 0.3 is 0 Å². The van der Waals surface area contributed by atoms with E-state index in [4.69, 9.17) is 17.3 Å². The Bertz CT molecular complexity index is 412. The lowest BCUT2D eigenvalue weighted by molar-refractivity contribution is 0.238. The van der Waals surface area contributed by atoms with Crippen LogP contribution in [0.25, 0.3) is 0 Å². The first kappa shape index (κ1) is 13.6. The molecule has 0 bridgehead atoms. The summed E-state index contributed by atoms with van der Waals surface area (Å²) in [7, 11) is 0. The molecule has 1 aliphatic heterocycles. The van der Waals surface area contributed by atoms with Gasteiger partial charge < -0.3 is 10.6 Å². The van der Waals surface area contributed by atoms with E-state index in [2.05, 4.69) is 23.7 Å². The van der Waals surface area contributed by atoms with Gasteiger partial charge in [-0.3, -0.25) is 0 Å². The lowest BCUT2D eigenvalue weighted by Crippen LogP contribution is -2.39. The SMILES string of the molecule is CCC1(C)CCN(c2nccc(CN)c2Cl)CC1. The third-order valence-electron chi connectivity index (χ3n) is 4.29. The Morgan fingerprint density at radius 1 is 1.44 bits per heavy atom. The number of nitrogens with zero attached hydrogens (tertiary/aromatic N) is 2. The summed E-state index contributed by atoms with van der Waals surface area (Å²) in [5, 5.41) is 0.722. The Morgan fingerprint density at radius 3 is 2.67 bits per heavy atom. The largest absolute Gasteiger partial charge is 0.355 e. The third-order valence-corrected chi connectivity index (χ3v) is 4.71. The van der Waals surface area contributed by atoms with Gasteiger partial charge in [-0.1, -0.05) is 31.9 Å². The highest BCUT2D eigenvalue weighted by Crippen LogP contribution is 2.37. The van der Waals surface area contributed by atoms with Crippen LogP contribution in [0.2, 0.25) is 5.02 Å². The predicted octanol–water partition coefficient (Wildman–Crippen LogP) is 3.21. The molecule has 4 heteroatoms. The highest BCUT2D eigenvalue weighted by Gasteiger charge is 2.29. The highest BCUT2D eigenvalue weighted by molar-refractivity contribution is 6.33. The van der Waals surface area contributed by atoms with Crippen molar-refractivity contribution in [1.29, 1.82) is 0 Å². The van der Waals surface area contributed by atoms with E-state index in [0.717, 1.165) is 29.5 Å². The minimum atomic E-state index is 0.467. The van der Waals surface area contributed by atoms with Crippen molar-refractivity contribution in [2.75, 3.05) is 18.0 Å². The van der Waals surface area contributed by atoms with E-state index in [1.807, 2.05) is 6.07 Å². The second-order valence-corrected chi connectivity index (χ2v) is 5.84. The first-order valence-electron chi connectivity index (χ1n) is 6.68. The number of rotatable bonds is 3. The van der Waals surface area contributed by atoms with Gasteiger partial charge in [0.1, 0.15) is 5.82 Å². The average molecular weight is 268 g/mol. The maximum Gasteiger partial charge on any atom is 0.147 e. The molecule has 0 atom stereocenters. The van der Waals surface area contributed by atoms with Crippen LogP contribution in [0.5, 0.6) is 0 Å². The number of hydrogen-bond donors (Lipinski definition) is 1. The highest BCUT2D eigenvalue weighted by atomic mass is 35.5. The first-order valence-corrected chi connectivity index (χ1v) is 7.06. The van der Waals surface area contributed by atoms with E-state index in [1.54, 1.807) is 6.20 Å². The van der Waals surface area contributed by atoms with E-state index in [0.29, 0.717) is 12.0 Å². The summed E-state index contributed by atoms with van der Waals surface area (Å²) in [6, 6.07) is 1.89. The zero-order valence-corrected chi connectivity index (χ0v) is 12.0. The molecule has 2 heterocycles. The van der Waals surface area contributed by atoms with E-state index >= 15 is 0 Å². The summed E-state index contributed by atoms with van der Waals surface area (Å²) in [5.41, 5.74) is 7.14. The molecule has 18 heavy (non-hydrogen) atoms. The number of aromatic nitrogens is 1. The number of anilines is 1. The van der Waals surface area contributed by atoms with Crippen LogP contribution in [0.15, 0.2) is 12.3 Å². The lowest BCUT2D eigenvalue weighted by atomic mass is 9.78. The van der Waals surface area contributed by atoms with Gasteiger partial charge in [0, 0.05) is 25.8 Å². The van der Waals surface area contributed by atoms with Crippen molar-refractivity contribution < 1.29 is 0 Å². The van der Waals surface area contributed by atoms with Crippen molar-refractivity contribution in [1.82, 2.24) is 4.98 Å². The maximum absolute atomic E-state index is 6.36. The fourth-order valence-corrected chi connectivity index (χ4v) is 2.77. The first-order chi connectivity index (χ1) is 8.59. The Balaban J connectivity index is 2.15. The van der Waals surface area contributed by atoms with Gasteiger partial charge in [0.25, 0.3) is 0 Å². The van der Waals surface area contributed by atoms with Crippen molar-refractivity contribution in [3.63, 3.8) is 0 Å². The molecule has 1 saturated heterocycles. The summed E-state index contributed by atoms with van der Waals surface area (Å²) in [6.45, 7) is 7.18. The molecule has 0 radical (unpaired) electrons. The van der Waals surface area contributed by atoms with Gasteiger partial charge in [-0.25, -0.2) is 4.98 Å². The monoisotopic (exact) mass is 267 g/mol. The molecule has 1 aliphatic rings. The minimum absolute atomic E-state index is 0.467. The second kappa shape index (κ2) is 5.45. The molecule has 3 nitrogen and oxygen atoms in total. The van der Waals surface area contributed by atoms with Gasteiger partial charge in [-0.05, 0) is 29.9 Å². The van der Waals surface area contributed by atoms with Crippen LogP contribution in [0.3, 0.4) is 0 Å². The van der Waals surface area contributed by atoms with Gasteiger partial charge in [0.05, 0.1) is 5.02 Å². The average Bonchev–Trinajstić information content (AvgIpc) is 2.40. The predicted molar refractivity (Wildman–Crippen MR) is 77.0 cm³/mol. The van der Waals surface area contributed by atoms with Crippen LogP contribution in [-0.2, 0) is 6.54 Å². The zero-order chi connectivity index (χ0) is 13.2. The molecule has 100 valence electrons. The standard InChI is InChI=1S/C14H22ClN3/c1-3-14(2)5-8-18(9-6-14)13-12(15)11(10-16)4-7-17-13/h4,7H,3,5-6,8-10,16H2,1-2H3. The molecular weight excluding hydrogens is 246 g/mol. The normalized spacial score (nSPS) is 19.0. The molecule has 0 amide bonds. The molecule has 0 aliphatic carbocycles. The van der Waals surface area contributed by atoms with E-state index in [-0.39, 0.29) is 0 Å². The van der Waals surface area contributed by atoms with Crippen LogP contribution < -0.4 is 10.6 Å². The van der Waals surface area contributed by atoms with Crippen LogP contribution in [0.1, 0.15) is 38.7 Å². The van der Waals surface area contributed by atoms with Crippen LogP contribution in [0.4, 0.5) is 5.82 Å². The molecule has 0 spiro atoms. The molecule has 1 aromatic heterocycles. The summed E-state index contributed by atoms with van der Waals surface area (Å²) >= 11 is 6.36. The molecule has 2 N–H and O–H groups in total. The van der Waals surface area contributed by atoms with Crippen molar-refractivity contribution in [3.8, 4) is 0 Å². The van der Waals surface area contributed by atoms with E-state index in [9.17, 15) is 0 Å².